The van der Waals surface area contributed by atoms with Crippen LogP contribution in [0.4, 0.5) is 4.79 Å². The molecular formula is C22H26N2O6S. The molecule has 0 atom stereocenters. The van der Waals surface area contributed by atoms with Gasteiger partial charge >= 0.3 is 6.09 Å². The maximum atomic E-state index is 12.5. The minimum absolute atomic E-state index is 0.0240. The van der Waals surface area contributed by atoms with E-state index in [-0.39, 0.29) is 17.4 Å². The summed E-state index contributed by atoms with van der Waals surface area (Å²) >= 11 is 0. The number of ether oxygens (including phenoxy) is 2. The van der Waals surface area contributed by atoms with Crippen LogP contribution in [0.2, 0.25) is 0 Å². The molecule has 0 aliphatic rings. The van der Waals surface area contributed by atoms with Crippen molar-refractivity contribution in [1.29, 1.82) is 0 Å². The van der Waals surface area contributed by atoms with Gasteiger partial charge in [-0.2, -0.15) is 0 Å². The zero-order valence-electron chi connectivity index (χ0n) is 17.5. The van der Waals surface area contributed by atoms with Gasteiger partial charge in [0.25, 0.3) is 15.9 Å². The molecule has 0 saturated heterocycles. The van der Waals surface area contributed by atoms with Gasteiger partial charge in [0.1, 0.15) is 12.4 Å². The fourth-order valence-corrected chi connectivity index (χ4v) is 3.69. The van der Waals surface area contributed by atoms with Crippen LogP contribution >= 0.6 is 0 Å². The van der Waals surface area contributed by atoms with E-state index in [2.05, 4.69) is 11.9 Å². The minimum Gasteiger partial charge on any atom is -0.489 e. The minimum atomic E-state index is -3.99. The van der Waals surface area contributed by atoms with E-state index in [1.165, 1.54) is 12.1 Å². The zero-order chi connectivity index (χ0) is 22.9. The molecule has 0 aliphatic carbocycles. The number of benzene rings is 2. The summed E-state index contributed by atoms with van der Waals surface area (Å²) in [4.78, 5) is 24.1. The molecule has 0 aliphatic heterocycles. The van der Waals surface area contributed by atoms with Crippen molar-refractivity contribution >= 4 is 22.0 Å². The highest BCUT2D eigenvalue weighted by Gasteiger charge is 2.26. The number of hydrogen-bond acceptors (Lipinski definition) is 6. The molecule has 1 N–H and O–H groups in total. The molecule has 9 heteroatoms. The molecule has 0 unspecified atom stereocenters. The Kier molecular flexibility index (Phi) is 8.63. The normalized spacial score (nSPS) is 10.8. The smallest absolute Gasteiger partial charge is 0.423 e. The van der Waals surface area contributed by atoms with Gasteiger partial charge in [-0.15, -0.1) is 0 Å². The van der Waals surface area contributed by atoms with Crippen LogP contribution in [0.1, 0.15) is 22.8 Å². The lowest BCUT2D eigenvalue weighted by molar-refractivity contribution is 0.0950. The largest absolute Gasteiger partial charge is 0.489 e. The second-order valence-electron chi connectivity index (χ2n) is 6.42. The van der Waals surface area contributed by atoms with Crippen LogP contribution in [-0.4, -0.2) is 51.5 Å². The summed E-state index contributed by atoms with van der Waals surface area (Å²) in [6.45, 7) is 5.91. The molecular weight excluding hydrogens is 420 g/mol. The number of carbonyl (C=O) groups is 2. The first-order valence-electron chi connectivity index (χ1n) is 9.66. The Morgan fingerprint density at radius 3 is 2.45 bits per heavy atom. The first-order chi connectivity index (χ1) is 14.8. The van der Waals surface area contributed by atoms with Gasteiger partial charge in [-0.3, -0.25) is 4.79 Å². The number of nitrogens with zero attached hydrogens (tertiary/aromatic N) is 1. The van der Waals surface area contributed by atoms with Gasteiger partial charge in [-0.1, -0.05) is 36.9 Å². The fraction of sp³-hybridized carbons (Fsp3) is 0.273. The average Bonchev–Trinajstić information content (AvgIpc) is 2.77. The van der Waals surface area contributed by atoms with E-state index in [4.69, 9.17) is 9.47 Å². The fourth-order valence-electron chi connectivity index (χ4n) is 2.64. The van der Waals surface area contributed by atoms with E-state index in [1.807, 2.05) is 0 Å². The van der Waals surface area contributed by atoms with Crippen molar-refractivity contribution in [2.24, 2.45) is 0 Å². The van der Waals surface area contributed by atoms with E-state index < -0.39 is 16.1 Å². The Morgan fingerprint density at radius 1 is 1.13 bits per heavy atom. The second-order valence-corrected chi connectivity index (χ2v) is 8.39. The van der Waals surface area contributed by atoms with Gasteiger partial charge in [0.2, 0.25) is 0 Å². The molecule has 0 radical (unpaired) electrons. The Labute approximate surface area is 182 Å². The van der Waals surface area contributed by atoms with Crippen molar-refractivity contribution in [3.63, 3.8) is 0 Å². The van der Waals surface area contributed by atoms with Gasteiger partial charge in [0.15, 0.2) is 0 Å². The molecule has 8 nitrogen and oxygen atoms in total. The quantitative estimate of drug-likeness (QED) is 0.563. The highest BCUT2D eigenvalue weighted by atomic mass is 32.2. The number of hydrogen-bond donors (Lipinski definition) is 1. The number of sulfonamides is 1. The summed E-state index contributed by atoms with van der Waals surface area (Å²) in [5, 5.41) is 2.82. The van der Waals surface area contributed by atoms with Gasteiger partial charge in [-0.25, -0.2) is 17.5 Å². The summed E-state index contributed by atoms with van der Waals surface area (Å²) < 4.78 is 35.7. The highest BCUT2D eigenvalue weighted by molar-refractivity contribution is 7.89. The van der Waals surface area contributed by atoms with Crippen LogP contribution in [0.3, 0.4) is 0 Å². The number of para-hydroxylation sites is 1. The molecule has 0 bridgehead atoms. The van der Waals surface area contributed by atoms with Crippen molar-refractivity contribution in [2.75, 3.05) is 26.8 Å². The summed E-state index contributed by atoms with van der Waals surface area (Å²) in [5.41, 5.74) is 1.25. The predicted molar refractivity (Wildman–Crippen MR) is 117 cm³/mol. The number of rotatable bonds is 10. The molecule has 2 rings (SSSR count). The second kappa shape index (κ2) is 11.2. The van der Waals surface area contributed by atoms with Crippen LogP contribution in [0, 0.1) is 0 Å². The molecule has 2 amide bonds. The molecule has 2 aromatic rings. The number of nitrogens with one attached hydrogen (secondary N) is 1. The Hall–Kier alpha value is -3.33. The third-order valence-corrected chi connectivity index (χ3v) is 6.03. The lowest BCUT2D eigenvalue weighted by Crippen LogP contribution is -2.33. The van der Waals surface area contributed by atoms with E-state index in [0.717, 1.165) is 12.6 Å². The highest BCUT2D eigenvalue weighted by Crippen LogP contribution is 2.18. The van der Waals surface area contributed by atoms with E-state index >= 15 is 0 Å². The Morgan fingerprint density at radius 2 is 1.81 bits per heavy atom. The maximum Gasteiger partial charge on any atom is 0.423 e. The van der Waals surface area contributed by atoms with Crippen LogP contribution in [0.15, 0.2) is 66.1 Å². The molecule has 0 heterocycles. The van der Waals surface area contributed by atoms with Crippen molar-refractivity contribution in [3.05, 3.63) is 72.3 Å². The SMILES string of the molecule is C=CCOc1ccccc1C(=O)NCCc1ccc(S(=O)(=O)N(C)C(=O)OCC)cc1. The first kappa shape index (κ1) is 23.9. The van der Waals surface area contributed by atoms with E-state index in [0.29, 0.717) is 35.2 Å². The zero-order valence-corrected chi connectivity index (χ0v) is 18.4. The summed E-state index contributed by atoms with van der Waals surface area (Å²) in [6, 6.07) is 13.0. The van der Waals surface area contributed by atoms with Gasteiger partial charge in [0, 0.05) is 13.6 Å². The molecule has 0 fully saturated rings. The van der Waals surface area contributed by atoms with Gasteiger partial charge < -0.3 is 14.8 Å². The van der Waals surface area contributed by atoms with Crippen LogP contribution < -0.4 is 10.1 Å². The summed E-state index contributed by atoms with van der Waals surface area (Å²) in [7, 11) is -2.85. The van der Waals surface area contributed by atoms with Crippen molar-refractivity contribution in [1.82, 2.24) is 9.62 Å². The maximum absolute atomic E-state index is 12.5. The van der Waals surface area contributed by atoms with Gasteiger partial charge in [-0.05, 0) is 43.2 Å². The predicted octanol–water partition coefficient (Wildman–Crippen LogP) is 3.00. The third-order valence-electron chi connectivity index (χ3n) is 4.29. The monoisotopic (exact) mass is 446 g/mol. The standard InChI is InChI=1S/C22H26N2O6S/c1-4-16-30-20-9-7-6-8-19(20)21(25)23-15-14-17-10-12-18(13-11-17)31(27,28)24(3)22(26)29-5-2/h4,6-13H,1,5,14-16H2,2-3H3,(H,23,25). The molecule has 0 aromatic heterocycles. The average molecular weight is 447 g/mol. The molecule has 2 aromatic carbocycles. The van der Waals surface area contributed by atoms with Crippen LogP contribution in [0.5, 0.6) is 5.75 Å². The number of amides is 2. The Balaban J connectivity index is 1.97. The van der Waals surface area contributed by atoms with Crippen LogP contribution in [0.25, 0.3) is 0 Å². The Bertz CT molecular complexity index is 1020. The number of carbonyl (C=O) groups excluding carboxylic acids is 2. The van der Waals surface area contributed by atoms with E-state index in [1.54, 1.807) is 49.4 Å². The third kappa shape index (κ3) is 6.32. The summed E-state index contributed by atoms with van der Waals surface area (Å²) in [6.07, 6.45) is 1.16. The van der Waals surface area contributed by atoms with Gasteiger partial charge in [0.05, 0.1) is 17.1 Å². The molecule has 31 heavy (non-hydrogen) atoms. The van der Waals surface area contributed by atoms with E-state index in [9.17, 15) is 18.0 Å². The molecule has 0 spiro atoms. The van der Waals surface area contributed by atoms with Crippen molar-refractivity contribution < 1.29 is 27.5 Å². The topological polar surface area (TPSA) is 102 Å². The summed E-state index contributed by atoms with van der Waals surface area (Å²) in [5.74, 6) is 0.204. The van der Waals surface area contributed by atoms with Crippen LogP contribution in [-0.2, 0) is 21.2 Å². The molecule has 0 saturated carbocycles. The van der Waals surface area contributed by atoms with Crippen molar-refractivity contribution in [3.8, 4) is 5.75 Å². The lowest BCUT2D eigenvalue weighted by atomic mass is 10.1. The lowest BCUT2D eigenvalue weighted by Gasteiger charge is -2.17. The van der Waals surface area contributed by atoms with Crippen molar-refractivity contribution in [2.45, 2.75) is 18.2 Å². The first-order valence-corrected chi connectivity index (χ1v) is 11.1. The molecule has 166 valence electrons.